The number of fused-ring (bicyclic) bond motifs is 1. The smallest absolute Gasteiger partial charge is 0.262 e. The van der Waals surface area contributed by atoms with E-state index in [1.807, 2.05) is 19.1 Å². The monoisotopic (exact) mass is 431 g/mol. The highest BCUT2D eigenvalue weighted by molar-refractivity contribution is 8.00. The molecule has 0 saturated carbocycles. The number of aromatic nitrogens is 2. The molecule has 1 amide bonds. The fourth-order valence-electron chi connectivity index (χ4n) is 2.93. The third-order valence-corrected chi connectivity index (χ3v) is 5.67. The molecular weight excluding hydrogens is 410 g/mol. The topological polar surface area (TPSA) is 73.2 Å². The number of halogens is 1. The van der Waals surface area contributed by atoms with Gasteiger partial charge in [-0.2, -0.15) is 0 Å². The third kappa shape index (κ3) is 4.98. The Bertz CT molecular complexity index is 1090. The number of hydrogen-bond acceptors (Lipinski definition) is 5. The summed E-state index contributed by atoms with van der Waals surface area (Å²) in [5, 5.41) is 3.92. The molecule has 0 saturated heterocycles. The number of amides is 1. The molecule has 1 heterocycles. The van der Waals surface area contributed by atoms with E-state index < -0.39 is 5.25 Å². The van der Waals surface area contributed by atoms with Gasteiger partial charge >= 0.3 is 0 Å². The van der Waals surface area contributed by atoms with Gasteiger partial charge in [-0.25, -0.2) is 4.98 Å². The van der Waals surface area contributed by atoms with E-state index >= 15 is 0 Å². The predicted molar refractivity (Wildman–Crippen MR) is 118 cm³/mol. The lowest BCUT2D eigenvalue weighted by Gasteiger charge is -2.20. The van der Waals surface area contributed by atoms with Crippen molar-refractivity contribution in [3.05, 3.63) is 63.9 Å². The van der Waals surface area contributed by atoms with Crippen LogP contribution in [-0.4, -0.2) is 34.4 Å². The number of hydrogen-bond donors (Lipinski definition) is 1. The van der Waals surface area contributed by atoms with Gasteiger partial charge in [-0.05, 0) is 44.2 Å². The molecule has 1 aromatic heterocycles. The Hall–Kier alpha value is -2.35. The SMILES string of the molecule is COCC(C)n1c(SC(C)C(=O)Nc2cccc(Cl)c2)nc2ccccc2c1=O. The van der Waals surface area contributed by atoms with E-state index in [0.29, 0.717) is 33.4 Å². The zero-order valence-electron chi connectivity index (χ0n) is 16.4. The molecule has 6 nitrogen and oxygen atoms in total. The summed E-state index contributed by atoms with van der Waals surface area (Å²) >= 11 is 7.22. The van der Waals surface area contributed by atoms with Crippen LogP contribution >= 0.6 is 23.4 Å². The maximum absolute atomic E-state index is 13.1. The molecule has 152 valence electrons. The maximum atomic E-state index is 13.1. The van der Waals surface area contributed by atoms with E-state index in [-0.39, 0.29) is 17.5 Å². The molecule has 0 radical (unpaired) electrons. The zero-order valence-corrected chi connectivity index (χ0v) is 18.0. The second kappa shape index (κ2) is 9.43. The molecule has 2 unspecified atom stereocenters. The van der Waals surface area contributed by atoms with Crippen LogP contribution in [0.25, 0.3) is 10.9 Å². The lowest BCUT2D eigenvalue weighted by Crippen LogP contribution is -2.30. The number of anilines is 1. The fraction of sp³-hybridized carbons (Fsp3) is 0.286. The molecule has 8 heteroatoms. The molecule has 29 heavy (non-hydrogen) atoms. The molecule has 0 aliphatic heterocycles. The average molecular weight is 432 g/mol. The van der Waals surface area contributed by atoms with Gasteiger partial charge < -0.3 is 10.1 Å². The standard InChI is InChI=1S/C21H22ClN3O3S/c1-13(12-28-3)25-20(27)17-9-4-5-10-18(17)24-21(25)29-14(2)19(26)23-16-8-6-7-15(22)11-16/h4-11,13-14H,12H2,1-3H3,(H,23,26). The zero-order chi connectivity index (χ0) is 21.0. The van der Waals surface area contributed by atoms with E-state index in [2.05, 4.69) is 10.3 Å². The highest BCUT2D eigenvalue weighted by Gasteiger charge is 2.22. The quantitative estimate of drug-likeness (QED) is 0.444. The summed E-state index contributed by atoms with van der Waals surface area (Å²) in [6, 6.07) is 13.9. The van der Waals surface area contributed by atoms with E-state index in [0.717, 1.165) is 0 Å². The lowest BCUT2D eigenvalue weighted by atomic mass is 10.2. The highest BCUT2D eigenvalue weighted by atomic mass is 35.5. The first-order valence-electron chi connectivity index (χ1n) is 9.14. The van der Waals surface area contributed by atoms with Crippen molar-refractivity contribution in [1.82, 2.24) is 9.55 Å². The van der Waals surface area contributed by atoms with Crippen LogP contribution in [0.1, 0.15) is 19.9 Å². The van der Waals surface area contributed by atoms with Gasteiger partial charge in [-0.3, -0.25) is 14.2 Å². The van der Waals surface area contributed by atoms with Crippen LogP contribution in [0.3, 0.4) is 0 Å². The van der Waals surface area contributed by atoms with Crippen LogP contribution < -0.4 is 10.9 Å². The van der Waals surface area contributed by atoms with Gasteiger partial charge in [-0.15, -0.1) is 0 Å². The van der Waals surface area contributed by atoms with Gasteiger partial charge in [0.2, 0.25) is 5.91 Å². The first-order chi connectivity index (χ1) is 13.9. The Morgan fingerprint density at radius 3 is 2.72 bits per heavy atom. The van der Waals surface area contributed by atoms with Crippen molar-refractivity contribution < 1.29 is 9.53 Å². The van der Waals surface area contributed by atoms with Crippen LogP contribution in [0, 0.1) is 0 Å². The van der Waals surface area contributed by atoms with Crippen LogP contribution in [0.4, 0.5) is 5.69 Å². The number of benzene rings is 2. The first kappa shape index (κ1) is 21.4. The van der Waals surface area contributed by atoms with E-state index in [1.165, 1.54) is 11.8 Å². The van der Waals surface area contributed by atoms with Crippen molar-refractivity contribution in [2.45, 2.75) is 30.3 Å². The number of thioether (sulfide) groups is 1. The molecule has 3 rings (SSSR count). The minimum Gasteiger partial charge on any atom is -0.383 e. The summed E-state index contributed by atoms with van der Waals surface area (Å²) in [4.78, 5) is 30.4. The molecule has 0 aliphatic carbocycles. The molecule has 3 aromatic rings. The number of methoxy groups -OCH3 is 1. The highest BCUT2D eigenvalue weighted by Crippen LogP contribution is 2.26. The van der Waals surface area contributed by atoms with Crippen LogP contribution in [0.2, 0.25) is 5.02 Å². The number of carbonyl (C=O) groups excluding carboxylic acids is 1. The van der Waals surface area contributed by atoms with Crippen LogP contribution in [0.15, 0.2) is 58.5 Å². The summed E-state index contributed by atoms with van der Waals surface area (Å²) in [7, 11) is 1.59. The van der Waals surface area contributed by atoms with Crippen molar-refractivity contribution >= 4 is 45.9 Å². The summed E-state index contributed by atoms with van der Waals surface area (Å²) < 4.78 is 6.83. The normalized spacial score (nSPS) is 13.2. The van der Waals surface area contributed by atoms with Crippen molar-refractivity contribution in [1.29, 1.82) is 0 Å². The minimum absolute atomic E-state index is 0.148. The fourth-order valence-corrected chi connectivity index (χ4v) is 4.13. The summed E-state index contributed by atoms with van der Waals surface area (Å²) in [6.45, 7) is 4.02. The Balaban J connectivity index is 1.92. The summed E-state index contributed by atoms with van der Waals surface area (Å²) in [5.74, 6) is -0.203. The summed E-state index contributed by atoms with van der Waals surface area (Å²) in [6.07, 6.45) is 0. The van der Waals surface area contributed by atoms with Gasteiger partial charge in [0.05, 0.1) is 28.8 Å². The Morgan fingerprint density at radius 2 is 2.00 bits per heavy atom. The Morgan fingerprint density at radius 1 is 1.24 bits per heavy atom. The molecule has 0 bridgehead atoms. The third-order valence-electron chi connectivity index (χ3n) is 4.37. The van der Waals surface area contributed by atoms with E-state index in [4.69, 9.17) is 16.3 Å². The second-order valence-corrected chi connectivity index (χ2v) is 8.40. The van der Waals surface area contributed by atoms with Crippen molar-refractivity contribution in [3.63, 3.8) is 0 Å². The molecular formula is C21H22ClN3O3S. The van der Waals surface area contributed by atoms with Crippen molar-refractivity contribution in [2.24, 2.45) is 0 Å². The number of rotatable bonds is 7. The van der Waals surface area contributed by atoms with Gasteiger partial charge in [0.1, 0.15) is 0 Å². The van der Waals surface area contributed by atoms with Crippen molar-refractivity contribution in [2.75, 3.05) is 19.0 Å². The Kier molecular flexibility index (Phi) is 6.95. The van der Waals surface area contributed by atoms with Crippen LogP contribution in [0.5, 0.6) is 0 Å². The first-order valence-corrected chi connectivity index (χ1v) is 10.4. The Labute approximate surface area is 178 Å². The van der Waals surface area contributed by atoms with Gasteiger partial charge in [-0.1, -0.05) is 41.6 Å². The number of nitrogens with zero attached hydrogens (tertiary/aromatic N) is 2. The molecule has 2 aromatic carbocycles. The average Bonchev–Trinajstić information content (AvgIpc) is 2.68. The lowest BCUT2D eigenvalue weighted by molar-refractivity contribution is -0.115. The van der Waals surface area contributed by atoms with E-state index in [9.17, 15) is 9.59 Å². The van der Waals surface area contributed by atoms with Crippen LogP contribution in [-0.2, 0) is 9.53 Å². The number of nitrogens with one attached hydrogen (secondary N) is 1. The number of ether oxygens (including phenoxy) is 1. The molecule has 0 fully saturated rings. The molecule has 0 aliphatic rings. The van der Waals surface area contributed by atoms with E-state index in [1.54, 1.807) is 55.0 Å². The molecule has 2 atom stereocenters. The molecule has 1 N–H and O–H groups in total. The van der Waals surface area contributed by atoms with Gasteiger partial charge in [0.15, 0.2) is 5.16 Å². The second-order valence-electron chi connectivity index (χ2n) is 6.65. The number of para-hydroxylation sites is 1. The predicted octanol–water partition coefficient (Wildman–Crippen LogP) is 4.38. The minimum atomic E-state index is -0.483. The van der Waals surface area contributed by atoms with Crippen molar-refractivity contribution in [3.8, 4) is 0 Å². The number of carbonyl (C=O) groups is 1. The largest absolute Gasteiger partial charge is 0.383 e. The van der Waals surface area contributed by atoms with Gasteiger partial charge in [0.25, 0.3) is 5.56 Å². The van der Waals surface area contributed by atoms with Gasteiger partial charge in [0, 0.05) is 17.8 Å². The maximum Gasteiger partial charge on any atom is 0.262 e. The summed E-state index contributed by atoms with van der Waals surface area (Å²) in [5.41, 5.74) is 1.07. The molecule has 0 spiro atoms.